The van der Waals surface area contributed by atoms with Crippen LogP contribution in [0.2, 0.25) is 0 Å². The van der Waals surface area contributed by atoms with Crippen molar-refractivity contribution in [2.24, 2.45) is 0 Å². The van der Waals surface area contributed by atoms with E-state index in [2.05, 4.69) is 101 Å². The van der Waals surface area contributed by atoms with Gasteiger partial charge in [-0.2, -0.15) is 0 Å². The number of nitrogens with zero attached hydrogens (tertiary/aromatic N) is 3. The summed E-state index contributed by atoms with van der Waals surface area (Å²) in [6, 6.07) is 37.1. The molecular formula is C38H37N3O. The second-order valence-electron chi connectivity index (χ2n) is 13.0. The molecule has 0 spiro atoms. The number of hydrogen-bond acceptors (Lipinski definition) is 3. The third-order valence-electron chi connectivity index (χ3n) is 7.82. The highest BCUT2D eigenvalue weighted by Crippen LogP contribution is 2.44. The Morgan fingerprint density at radius 2 is 1.24 bits per heavy atom. The van der Waals surface area contributed by atoms with Crippen molar-refractivity contribution in [2.75, 3.05) is 0 Å². The van der Waals surface area contributed by atoms with E-state index in [0.717, 1.165) is 55.9 Å². The summed E-state index contributed by atoms with van der Waals surface area (Å²) in [6.07, 6.45) is 0. The lowest BCUT2D eigenvalue weighted by Crippen LogP contribution is -2.17. The van der Waals surface area contributed by atoms with Gasteiger partial charge >= 0.3 is 0 Å². The van der Waals surface area contributed by atoms with Crippen LogP contribution >= 0.6 is 0 Å². The number of aromatic nitrogens is 3. The maximum atomic E-state index is 11.8. The summed E-state index contributed by atoms with van der Waals surface area (Å²) < 4.78 is 2.16. The molecule has 0 aliphatic carbocycles. The van der Waals surface area contributed by atoms with E-state index in [1.165, 1.54) is 0 Å². The quantitative estimate of drug-likeness (QED) is 0.237. The van der Waals surface area contributed by atoms with E-state index >= 15 is 0 Å². The van der Waals surface area contributed by atoms with Gasteiger partial charge in [0.15, 0.2) is 0 Å². The first-order valence-corrected chi connectivity index (χ1v) is 14.5. The zero-order valence-corrected chi connectivity index (χ0v) is 25.2. The van der Waals surface area contributed by atoms with Gasteiger partial charge in [-0.3, -0.25) is 4.57 Å². The summed E-state index contributed by atoms with van der Waals surface area (Å²) in [7, 11) is 0. The Morgan fingerprint density at radius 3 is 1.90 bits per heavy atom. The first-order valence-electron chi connectivity index (χ1n) is 14.5. The van der Waals surface area contributed by atoms with Crippen molar-refractivity contribution < 1.29 is 5.11 Å². The molecular weight excluding hydrogens is 514 g/mol. The van der Waals surface area contributed by atoms with Crippen molar-refractivity contribution in [3.63, 3.8) is 0 Å². The maximum Gasteiger partial charge on any atom is 0.149 e. The molecule has 0 bridgehead atoms. The monoisotopic (exact) mass is 551 g/mol. The Labute approximate surface area is 248 Å². The predicted molar refractivity (Wildman–Crippen MR) is 174 cm³/mol. The van der Waals surface area contributed by atoms with E-state index < -0.39 is 0 Å². The lowest BCUT2D eigenvalue weighted by atomic mass is 9.79. The molecule has 0 aliphatic heterocycles. The summed E-state index contributed by atoms with van der Waals surface area (Å²) >= 11 is 0. The highest BCUT2D eigenvalue weighted by Gasteiger charge is 2.28. The van der Waals surface area contributed by atoms with Crippen molar-refractivity contribution >= 4 is 11.0 Å². The van der Waals surface area contributed by atoms with E-state index in [-0.39, 0.29) is 16.6 Å². The molecule has 0 amide bonds. The number of hydrogen-bond donors (Lipinski definition) is 1. The minimum atomic E-state index is -0.253. The minimum Gasteiger partial charge on any atom is -0.507 e. The van der Waals surface area contributed by atoms with Crippen LogP contribution < -0.4 is 0 Å². The van der Waals surface area contributed by atoms with Crippen LogP contribution in [-0.4, -0.2) is 19.6 Å². The number of pyridine rings is 1. The van der Waals surface area contributed by atoms with Crippen LogP contribution in [0.4, 0.5) is 0 Å². The Kier molecular flexibility index (Phi) is 6.73. The average molecular weight is 552 g/mol. The van der Waals surface area contributed by atoms with E-state index in [9.17, 15) is 5.11 Å². The molecule has 0 saturated carbocycles. The van der Waals surface area contributed by atoms with Gasteiger partial charge in [-0.1, -0.05) is 114 Å². The van der Waals surface area contributed by atoms with Gasteiger partial charge < -0.3 is 5.11 Å². The van der Waals surface area contributed by atoms with E-state index in [0.29, 0.717) is 5.82 Å². The third-order valence-corrected chi connectivity index (χ3v) is 7.82. The fourth-order valence-electron chi connectivity index (χ4n) is 5.49. The van der Waals surface area contributed by atoms with Gasteiger partial charge in [0.25, 0.3) is 0 Å². The number of para-hydroxylation sites is 2. The molecule has 6 rings (SSSR count). The molecule has 0 aliphatic rings. The van der Waals surface area contributed by atoms with Crippen LogP contribution in [0.15, 0.2) is 109 Å². The third kappa shape index (κ3) is 4.98. The molecule has 1 N–H and O–H groups in total. The van der Waals surface area contributed by atoms with Crippen molar-refractivity contribution in [1.29, 1.82) is 0 Å². The molecule has 4 aromatic carbocycles. The Hall–Kier alpha value is -4.70. The van der Waals surface area contributed by atoms with Crippen LogP contribution in [-0.2, 0) is 10.8 Å². The summed E-state index contributed by atoms with van der Waals surface area (Å²) in [6.45, 7) is 13.0. The largest absolute Gasteiger partial charge is 0.507 e. The second-order valence-corrected chi connectivity index (χ2v) is 13.0. The normalized spacial score (nSPS) is 12.1. The number of fused-ring (bicyclic) bond motifs is 1. The fraction of sp³-hybridized carbons (Fsp3) is 0.211. The van der Waals surface area contributed by atoms with Gasteiger partial charge in [0, 0.05) is 22.4 Å². The Balaban J connectivity index is 1.66. The van der Waals surface area contributed by atoms with Gasteiger partial charge in [-0.15, -0.1) is 0 Å². The molecule has 0 atom stereocenters. The molecule has 4 heteroatoms. The first kappa shape index (κ1) is 27.5. The van der Waals surface area contributed by atoms with Gasteiger partial charge in [0.05, 0.1) is 28.0 Å². The number of benzene rings is 4. The number of phenols is 1. The maximum absolute atomic E-state index is 11.8. The van der Waals surface area contributed by atoms with Gasteiger partial charge in [-0.05, 0) is 52.8 Å². The van der Waals surface area contributed by atoms with Crippen LogP contribution in [0.3, 0.4) is 0 Å². The second kappa shape index (κ2) is 10.3. The SMILES string of the molecule is CC(C)(C)c1cc(-c2nc3c(-c4cccc(-c5ccccc5)n4)cccc3n2-c2ccccc2)c(O)c(C(C)(C)C)c1. The van der Waals surface area contributed by atoms with Crippen LogP contribution in [0.5, 0.6) is 5.75 Å². The van der Waals surface area contributed by atoms with Crippen LogP contribution in [0.1, 0.15) is 52.7 Å². The lowest BCUT2D eigenvalue weighted by Gasteiger charge is -2.27. The van der Waals surface area contributed by atoms with Crippen molar-refractivity contribution in [1.82, 2.24) is 14.5 Å². The van der Waals surface area contributed by atoms with Crippen molar-refractivity contribution in [3.05, 3.63) is 120 Å². The lowest BCUT2D eigenvalue weighted by molar-refractivity contribution is 0.446. The van der Waals surface area contributed by atoms with E-state index in [1.807, 2.05) is 54.6 Å². The zero-order chi connectivity index (χ0) is 29.6. The first-order chi connectivity index (χ1) is 20.0. The van der Waals surface area contributed by atoms with E-state index in [1.54, 1.807) is 0 Å². The molecule has 2 aromatic heterocycles. The highest BCUT2D eigenvalue weighted by atomic mass is 16.3. The standard InChI is InChI=1S/C38H37N3O/c1-37(2,3)26-23-29(35(42)30(24-26)38(4,5)6)36-40-34-28(19-13-22-33(34)41(36)27-17-11-8-12-18-27)32-21-14-20-31(39-32)25-15-9-7-10-16-25/h7-24,42H,1-6H3. The van der Waals surface area contributed by atoms with Gasteiger partial charge in [-0.25, -0.2) is 9.97 Å². The molecule has 0 fully saturated rings. The number of aromatic hydroxyl groups is 1. The molecule has 2 heterocycles. The van der Waals surface area contributed by atoms with E-state index in [4.69, 9.17) is 9.97 Å². The molecule has 0 saturated heterocycles. The Bertz CT molecular complexity index is 1890. The highest BCUT2D eigenvalue weighted by molar-refractivity contribution is 5.95. The van der Waals surface area contributed by atoms with Gasteiger partial charge in [0.1, 0.15) is 11.6 Å². The van der Waals surface area contributed by atoms with Crippen molar-refractivity contribution in [3.8, 4) is 45.3 Å². The van der Waals surface area contributed by atoms with Crippen LogP contribution in [0, 0.1) is 0 Å². The molecule has 0 radical (unpaired) electrons. The molecule has 6 aromatic rings. The molecule has 0 unspecified atom stereocenters. The molecule has 210 valence electrons. The fourth-order valence-corrected chi connectivity index (χ4v) is 5.49. The number of rotatable bonds is 4. The molecule has 42 heavy (non-hydrogen) atoms. The van der Waals surface area contributed by atoms with Crippen LogP contribution in [0.25, 0.3) is 50.6 Å². The summed E-state index contributed by atoms with van der Waals surface area (Å²) in [5.41, 5.74) is 9.00. The zero-order valence-electron chi connectivity index (χ0n) is 25.2. The summed E-state index contributed by atoms with van der Waals surface area (Å²) in [5.74, 6) is 0.978. The number of phenolic OH excluding ortho intramolecular Hbond substituents is 1. The smallest absolute Gasteiger partial charge is 0.149 e. The molecule has 4 nitrogen and oxygen atoms in total. The topological polar surface area (TPSA) is 50.9 Å². The predicted octanol–water partition coefficient (Wildman–Crippen LogP) is 9.72. The average Bonchev–Trinajstić information content (AvgIpc) is 3.36. The summed E-state index contributed by atoms with van der Waals surface area (Å²) in [5, 5.41) is 11.8. The number of imidazole rings is 1. The summed E-state index contributed by atoms with van der Waals surface area (Å²) in [4.78, 5) is 10.4. The Morgan fingerprint density at radius 1 is 0.595 bits per heavy atom. The van der Waals surface area contributed by atoms with Crippen molar-refractivity contribution in [2.45, 2.75) is 52.4 Å². The van der Waals surface area contributed by atoms with Gasteiger partial charge in [0.2, 0.25) is 0 Å². The minimum absolute atomic E-state index is 0.112.